The second-order valence-corrected chi connectivity index (χ2v) is 6.43. The van der Waals surface area contributed by atoms with Crippen LogP contribution in [0.3, 0.4) is 0 Å². The summed E-state index contributed by atoms with van der Waals surface area (Å²) in [6.45, 7) is 1.56. The van der Waals surface area contributed by atoms with Gasteiger partial charge in [0, 0.05) is 19.1 Å². The van der Waals surface area contributed by atoms with Crippen molar-refractivity contribution in [2.75, 3.05) is 0 Å². The molecule has 0 heterocycles. The third-order valence-corrected chi connectivity index (χ3v) is 4.71. The average molecular weight is 311 g/mol. The first-order valence-corrected chi connectivity index (χ1v) is 8.42. The van der Waals surface area contributed by atoms with Gasteiger partial charge in [-0.2, -0.15) is 0 Å². The Morgan fingerprint density at radius 1 is 0.783 bits per heavy atom. The minimum atomic E-state index is -0.670. The highest BCUT2D eigenvalue weighted by Crippen LogP contribution is 2.26. The normalized spacial score (nSPS) is 24.7. The summed E-state index contributed by atoms with van der Waals surface area (Å²) in [5.74, 6) is 0. The zero-order valence-corrected chi connectivity index (χ0v) is 13.4. The van der Waals surface area contributed by atoms with E-state index in [9.17, 15) is 10.2 Å². The molecule has 3 heteroatoms. The van der Waals surface area contributed by atoms with E-state index < -0.39 is 12.2 Å². The molecule has 3 atom stereocenters. The highest BCUT2D eigenvalue weighted by molar-refractivity contribution is 5.17. The molecule has 122 valence electrons. The first kappa shape index (κ1) is 16.2. The predicted octanol–water partition coefficient (Wildman–Crippen LogP) is 2.96. The Hall–Kier alpha value is -1.68. The maximum atomic E-state index is 10.5. The van der Waals surface area contributed by atoms with E-state index in [1.807, 2.05) is 36.4 Å². The molecule has 0 radical (unpaired) electrons. The lowest BCUT2D eigenvalue weighted by Crippen LogP contribution is -2.50. The van der Waals surface area contributed by atoms with E-state index in [0.717, 1.165) is 25.9 Å². The van der Waals surface area contributed by atoms with Gasteiger partial charge in [-0.15, -0.1) is 0 Å². The number of rotatable bonds is 5. The van der Waals surface area contributed by atoms with Crippen LogP contribution in [0.25, 0.3) is 0 Å². The maximum Gasteiger partial charge on any atom is 0.0953 e. The minimum absolute atomic E-state index is 0.000776. The van der Waals surface area contributed by atoms with Gasteiger partial charge in [0.25, 0.3) is 0 Å². The molecule has 0 unspecified atom stereocenters. The van der Waals surface area contributed by atoms with E-state index in [2.05, 4.69) is 29.2 Å². The first-order chi connectivity index (χ1) is 11.2. The van der Waals surface area contributed by atoms with Gasteiger partial charge in [0.15, 0.2) is 0 Å². The Labute approximate surface area is 138 Å². The molecule has 0 aliphatic heterocycles. The van der Waals surface area contributed by atoms with Crippen molar-refractivity contribution in [3.63, 3.8) is 0 Å². The largest absolute Gasteiger partial charge is 0.390 e. The van der Waals surface area contributed by atoms with E-state index >= 15 is 0 Å². The molecule has 3 nitrogen and oxygen atoms in total. The molecule has 2 aromatic rings. The highest BCUT2D eigenvalue weighted by atomic mass is 16.3. The summed E-state index contributed by atoms with van der Waals surface area (Å²) in [5, 5.41) is 20.5. The van der Waals surface area contributed by atoms with Crippen molar-refractivity contribution in [3.8, 4) is 0 Å². The van der Waals surface area contributed by atoms with Crippen LogP contribution in [0.5, 0.6) is 0 Å². The molecular formula is C20H25NO2. The van der Waals surface area contributed by atoms with E-state index in [-0.39, 0.29) is 6.04 Å². The number of benzene rings is 2. The van der Waals surface area contributed by atoms with Gasteiger partial charge in [0.1, 0.15) is 0 Å². The quantitative estimate of drug-likeness (QED) is 0.892. The smallest absolute Gasteiger partial charge is 0.0953 e. The predicted molar refractivity (Wildman–Crippen MR) is 91.8 cm³/mol. The van der Waals surface area contributed by atoms with Crippen LogP contribution in [0.1, 0.15) is 30.4 Å². The van der Waals surface area contributed by atoms with Crippen molar-refractivity contribution >= 4 is 0 Å². The van der Waals surface area contributed by atoms with Crippen LogP contribution >= 0.6 is 0 Å². The maximum absolute atomic E-state index is 10.5. The second kappa shape index (κ2) is 7.73. The van der Waals surface area contributed by atoms with Gasteiger partial charge >= 0.3 is 0 Å². The molecule has 0 saturated heterocycles. The minimum Gasteiger partial charge on any atom is -0.390 e. The van der Waals surface area contributed by atoms with Gasteiger partial charge in [0.05, 0.1) is 12.2 Å². The number of nitrogens with zero attached hydrogens (tertiary/aromatic N) is 1. The molecule has 1 aliphatic rings. The van der Waals surface area contributed by atoms with Crippen LogP contribution in [-0.2, 0) is 13.1 Å². The molecule has 23 heavy (non-hydrogen) atoms. The van der Waals surface area contributed by atoms with Gasteiger partial charge in [-0.1, -0.05) is 60.7 Å². The van der Waals surface area contributed by atoms with Gasteiger partial charge in [0.2, 0.25) is 0 Å². The van der Waals surface area contributed by atoms with Crippen molar-refractivity contribution in [2.45, 2.75) is 50.6 Å². The molecule has 3 rings (SSSR count). The number of hydrogen-bond acceptors (Lipinski definition) is 3. The van der Waals surface area contributed by atoms with Crippen LogP contribution < -0.4 is 0 Å². The molecule has 0 spiro atoms. The van der Waals surface area contributed by atoms with Crippen LogP contribution in [0.15, 0.2) is 60.7 Å². The monoisotopic (exact) mass is 311 g/mol. The lowest BCUT2D eigenvalue weighted by atomic mass is 9.88. The molecule has 1 aliphatic carbocycles. The van der Waals surface area contributed by atoms with E-state index in [1.54, 1.807) is 0 Å². The summed E-state index contributed by atoms with van der Waals surface area (Å²) in [5.41, 5.74) is 2.46. The van der Waals surface area contributed by atoms with Gasteiger partial charge in [-0.05, 0) is 30.4 Å². The van der Waals surface area contributed by atoms with Crippen molar-refractivity contribution < 1.29 is 10.2 Å². The summed E-state index contributed by atoms with van der Waals surface area (Å²) in [6, 6.07) is 20.7. The molecule has 0 aromatic heterocycles. The Balaban J connectivity index is 1.80. The zero-order chi connectivity index (χ0) is 16.1. The number of aliphatic hydroxyl groups excluding tert-OH is 2. The standard InChI is InChI=1S/C20H25NO2/c22-19-13-7-12-18(20(19)23)21(14-16-8-3-1-4-9-16)15-17-10-5-2-6-11-17/h1-6,8-11,18-20,22-23H,7,12-15H2/t18-,19+,20+/m0/s1. The fraction of sp³-hybridized carbons (Fsp3) is 0.400. The van der Waals surface area contributed by atoms with Gasteiger partial charge in [-0.3, -0.25) is 4.90 Å². The SMILES string of the molecule is O[C@H]1[C@H](O)CCC[C@@H]1N(Cc1ccccc1)Cc1ccccc1. The van der Waals surface area contributed by atoms with E-state index in [0.29, 0.717) is 6.42 Å². The third-order valence-electron chi connectivity index (χ3n) is 4.71. The van der Waals surface area contributed by atoms with Crippen LogP contribution in [-0.4, -0.2) is 33.4 Å². The lowest BCUT2D eigenvalue weighted by Gasteiger charge is -2.40. The van der Waals surface area contributed by atoms with Crippen LogP contribution in [0.4, 0.5) is 0 Å². The zero-order valence-electron chi connectivity index (χ0n) is 13.4. The molecule has 0 bridgehead atoms. The Morgan fingerprint density at radius 2 is 1.30 bits per heavy atom. The molecular weight excluding hydrogens is 286 g/mol. The summed E-state index contributed by atoms with van der Waals surface area (Å²) >= 11 is 0. The topological polar surface area (TPSA) is 43.7 Å². The summed E-state index contributed by atoms with van der Waals surface area (Å²) in [4.78, 5) is 2.30. The molecule has 2 N–H and O–H groups in total. The molecule has 1 saturated carbocycles. The Bertz CT molecular complexity index is 546. The van der Waals surface area contributed by atoms with E-state index in [4.69, 9.17) is 0 Å². The van der Waals surface area contributed by atoms with Gasteiger partial charge in [-0.25, -0.2) is 0 Å². The molecule has 2 aromatic carbocycles. The van der Waals surface area contributed by atoms with Crippen molar-refractivity contribution in [2.24, 2.45) is 0 Å². The lowest BCUT2D eigenvalue weighted by molar-refractivity contribution is -0.0689. The van der Waals surface area contributed by atoms with Crippen LogP contribution in [0.2, 0.25) is 0 Å². The summed E-state index contributed by atoms with van der Waals surface area (Å²) < 4.78 is 0. The van der Waals surface area contributed by atoms with Crippen molar-refractivity contribution in [1.29, 1.82) is 0 Å². The van der Waals surface area contributed by atoms with E-state index in [1.165, 1.54) is 11.1 Å². The van der Waals surface area contributed by atoms with Crippen LogP contribution in [0, 0.1) is 0 Å². The van der Waals surface area contributed by atoms with Gasteiger partial charge < -0.3 is 10.2 Å². The molecule has 1 fully saturated rings. The Kier molecular flexibility index (Phi) is 5.44. The Morgan fingerprint density at radius 3 is 1.83 bits per heavy atom. The fourth-order valence-electron chi connectivity index (χ4n) is 3.46. The summed E-state index contributed by atoms with van der Waals surface area (Å²) in [6.07, 6.45) is 1.31. The summed E-state index contributed by atoms with van der Waals surface area (Å²) in [7, 11) is 0. The second-order valence-electron chi connectivity index (χ2n) is 6.43. The molecule has 0 amide bonds. The fourth-order valence-corrected chi connectivity index (χ4v) is 3.46. The number of aliphatic hydroxyl groups is 2. The average Bonchev–Trinajstić information content (AvgIpc) is 2.59. The number of hydrogen-bond donors (Lipinski definition) is 2. The first-order valence-electron chi connectivity index (χ1n) is 8.42. The van der Waals surface area contributed by atoms with Crippen molar-refractivity contribution in [3.05, 3.63) is 71.8 Å². The van der Waals surface area contributed by atoms with Crippen molar-refractivity contribution in [1.82, 2.24) is 4.90 Å². The highest BCUT2D eigenvalue weighted by Gasteiger charge is 2.34. The third kappa shape index (κ3) is 4.20.